The van der Waals surface area contributed by atoms with Crippen LogP contribution >= 0.6 is 0 Å². The van der Waals surface area contributed by atoms with E-state index < -0.39 is 31.1 Å². The second-order valence-corrected chi connectivity index (χ2v) is 11.9. The van der Waals surface area contributed by atoms with Crippen molar-refractivity contribution in [3.05, 3.63) is 89.7 Å². The Morgan fingerprint density at radius 1 is 0.970 bits per heavy atom. The summed E-state index contributed by atoms with van der Waals surface area (Å²) in [5, 5.41) is 4.47. The van der Waals surface area contributed by atoms with E-state index in [-0.39, 0.29) is 23.0 Å². The van der Waals surface area contributed by atoms with Crippen molar-refractivity contribution in [2.24, 2.45) is 5.14 Å². The van der Waals surface area contributed by atoms with Crippen molar-refractivity contribution in [1.29, 1.82) is 0 Å². The van der Waals surface area contributed by atoms with E-state index >= 15 is 4.39 Å². The zero-order valence-corrected chi connectivity index (χ0v) is 19.7. The van der Waals surface area contributed by atoms with Gasteiger partial charge < -0.3 is 0 Å². The Hall–Kier alpha value is -2.59. The normalized spacial score (nSPS) is 21.1. The molecule has 9 heteroatoms. The number of primary sulfonamides is 1. The highest BCUT2D eigenvalue weighted by molar-refractivity contribution is 7.89. The molecule has 174 valence electrons. The molecule has 2 N–H and O–H groups in total. The predicted octanol–water partition coefficient (Wildman–Crippen LogP) is 4.20. The lowest BCUT2D eigenvalue weighted by molar-refractivity contribution is 0.279. The maximum atomic E-state index is 15.0. The Morgan fingerprint density at radius 3 is 2.21 bits per heavy atom. The van der Waals surface area contributed by atoms with Crippen LogP contribution < -0.4 is 5.14 Å². The number of rotatable bonds is 5. The molecule has 0 bridgehead atoms. The van der Waals surface area contributed by atoms with Gasteiger partial charge in [-0.15, -0.1) is 0 Å². The van der Waals surface area contributed by atoms with E-state index in [4.69, 9.17) is 5.14 Å². The number of benzene rings is 3. The van der Waals surface area contributed by atoms with Crippen LogP contribution in [0.4, 0.5) is 4.39 Å². The fourth-order valence-corrected chi connectivity index (χ4v) is 6.92. The molecule has 4 rings (SSSR count). The first-order chi connectivity index (χ1) is 15.6. The quantitative estimate of drug-likeness (QED) is 0.582. The van der Waals surface area contributed by atoms with Crippen LogP contribution in [0.25, 0.3) is 11.1 Å². The molecule has 1 aliphatic heterocycles. The number of hydrogen-bond donors (Lipinski definition) is 1. The monoisotopic (exact) mass is 488 g/mol. The largest absolute Gasteiger partial charge is 0.238 e. The standard InChI is InChI=1S/C24H25FN2O4S2/c1-17-7-14-24(19-5-3-2-4-6-19)33(30,31)27(17)16-21-9-8-20(15-23(21)25)18-10-12-22(13-11-18)32(26,28)29/h2-6,8-13,15,17,24H,7,14,16H2,1H3,(H2,26,28,29). The SMILES string of the molecule is CC1CCC(c2ccccc2)S(=O)(=O)N1Cc1ccc(-c2ccc(S(N)(=O)=O)cc2)cc1F. The zero-order chi connectivity index (χ0) is 23.8. The predicted molar refractivity (Wildman–Crippen MR) is 126 cm³/mol. The van der Waals surface area contributed by atoms with Crippen LogP contribution in [0.1, 0.15) is 36.1 Å². The molecule has 0 spiro atoms. The van der Waals surface area contributed by atoms with E-state index in [0.717, 1.165) is 5.56 Å². The molecule has 2 unspecified atom stereocenters. The summed E-state index contributed by atoms with van der Waals surface area (Å²) in [6.07, 6.45) is 1.22. The van der Waals surface area contributed by atoms with E-state index in [1.54, 1.807) is 24.3 Å². The summed E-state index contributed by atoms with van der Waals surface area (Å²) in [5.41, 5.74) is 2.20. The van der Waals surface area contributed by atoms with Crippen LogP contribution in [0.2, 0.25) is 0 Å². The molecule has 0 aromatic heterocycles. The Bertz CT molecular complexity index is 1360. The Kier molecular flexibility index (Phi) is 6.41. The average Bonchev–Trinajstić information content (AvgIpc) is 2.77. The molecule has 0 aliphatic carbocycles. The summed E-state index contributed by atoms with van der Waals surface area (Å²) in [6, 6.07) is 19.3. The van der Waals surface area contributed by atoms with Crippen LogP contribution in [-0.4, -0.2) is 27.2 Å². The molecule has 3 aromatic carbocycles. The number of sulfonamides is 2. The summed E-state index contributed by atoms with van der Waals surface area (Å²) < 4.78 is 66.0. The van der Waals surface area contributed by atoms with E-state index in [1.165, 1.54) is 22.5 Å². The summed E-state index contributed by atoms with van der Waals surface area (Å²) in [6.45, 7) is 1.79. The van der Waals surface area contributed by atoms with Gasteiger partial charge in [-0.3, -0.25) is 0 Å². The first kappa shape index (κ1) is 23.6. The molecule has 0 amide bonds. The van der Waals surface area contributed by atoms with Gasteiger partial charge in [0.25, 0.3) is 0 Å². The van der Waals surface area contributed by atoms with Gasteiger partial charge in [0.15, 0.2) is 0 Å². The molecule has 0 saturated carbocycles. The molecule has 33 heavy (non-hydrogen) atoms. The minimum atomic E-state index is -3.81. The molecule has 0 radical (unpaired) electrons. The second-order valence-electron chi connectivity index (χ2n) is 8.29. The van der Waals surface area contributed by atoms with Gasteiger partial charge in [-0.25, -0.2) is 26.4 Å². The first-order valence-electron chi connectivity index (χ1n) is 10.5. The van der Waals surface area contributed by atoms with Gasteiger partial charge in [0.2, 0.25) is 20.0 Å². The Morgan fingerprint density at radius 2 is 1.61 bits per heavy atom. The van der Waals surface area contributed by atoms with Gasteiger partial charge in [-0.1, -0.05) is 54.6 Å². The number of hydrogen-bond acceptors (Lipinski definition) is 4. The highest BCUT2D eigenvalue weighted by atomic mass is 32.2. The lowest BCUT2D eigenvalue weighted by Gasteiger charge is -2.37. The minimum absolute atomic E-state index is 0.0272. The van der Waals surface area contributed by atoms with Gasteiger partial charge in [0.05, 0.1) is 4.90 Å². The van der Waals surface area contributed by atoms with E-state index in [1.807, 2.05) is 37.3 Å². The van der Waals surface area contributed by atoms with Crippen LogP contribution in [-0.2, 0) is 26.6 Å². The van der Waals surface area contributed by atoms with Crippen LogP contribution in [0.5, 0.6) is 0 Å². The average molecular weight is 489 g/mol. The third-order valence-electron chi connectivity index (χ3n) is 6.09. The first-order valence-corrected chi connectivity index (χ1v) is 13.6. The molecule has 1 fully saturated rings. The van der Waals surface area contributed by atoms with Gasteiger partial charge >= 0.3 is 0 Å². The zero-order valence-electron chi connectivity index (χ0n) is 18.1. The maximum absolute atomic E-state index is 15.0. The third-order valence-corrected chi connectivity index (χ3v) is 9.39. The molecule has 1 saturated heterocycles. The highest BCUT2D eigenvalue weighted by Crippen LogP contribution is 2.38. The summed E-state index contributed by atoms with van der Waals surface area (Å²) in [7, 11) is -7.48. The number of nitrogens with two attached hydrogens (primary N) is 1. The van der Waals surface area contributed by atoms with Crippen LogP contribution in [0.15, 0.2) is 77.7 Å². The van der Waals surface area contributed by atoms with Crippen molar-refractivity contribution in [2.45, 2.75) is 42.5 Å². The van der Waals surface area contributed by atoms with Crippen molar-refractivity contribution in [3.63, 3.8) is 0 Å². The van der Waals surface area contributed by atoms with Gasteiger partial charge in [0, 0.05) is 18.2 Å². The molecular formula is C24H25FN2O4S2. The topological polar surface area (TPSA) is 97.5 Å². The molecule has 1 heterocycles. The van der Waals surface area contributed by atoms with Crippen molar-refractivity contribution < 1.29 is 21.2 Å². The van der Waals surface area contributed by atoms with E-state index in [0.29, 0.717) is 24.0 Å². The van der Waals surface area contributed by atoms with Gasteiger partial charge in [0.1, 0.15) is 11.1 Å². The second kappa shape index (κ2) is 8.98. The molecule has 6 nitrogen and oxygen atoms in total. The maximum Gasteiger partial charge on any atom is 0.238 e. The lowest BCUT2D eigenvalue weighted by atomic mass is 10.0. The van der Waals surface area contributed by atoms with Gasteiger partial charge in [-0.05, 0) is 54.7 Å². The summed E-state index contributed by atoms with van der Waals surface area (Å²) in [5.74, 6) is -0.521. The number of nitrogens with zero attached hydrogens (tertiary/aromatic N) is 1. The smallest absolute Gasteiger partial charge is 0.225 e. The van der Waals surface area contributed by atoms with Crippen LogP contribution in [0, 0.1) is 5.82 Å². The fourth-order valence-electron chi connectivity index (χ4n) is 4.21. The van der Waals surface area contributed by atoms with Gasteiger partial charge in [-0.2, -0.15) is 4.31 Å². The Labute approximate surface area is 194 Å². The minimum Gasteiger partial charge on any atom is -0.225 e. The molecule has 2 atom stereocenters. The highest BCUT2D eigenvalue weighted by Gasteiger charge is 2.40. The third kappa shape index (κ3) is 4.86. The van der Waals surface area contributed by atoms with E-state index in [9.17, 15) is 16.8 Å². The fraction of sp³-hybridized carbons (Fsp3) is 0.250. The number of halogens is 1. The van der Waals surface area contributed by atoms with Crippen molar-refractivity contribution in [3.8, 4) is 11.1 Å². The van der Waals surface area contributed by atoms with Crippen molar-refractivity contribution in [1.82, 2.24) is 4.31 Å². The molecule has 1 aliphatic rings. The lowest BCUT2D eigenvalue weighted by Crippen LogP contribution is -2.44. The van der Waals surface area contributed by atoms with Crippen molar-refractivity contribution in [2.75, 3.05) is 0 Å². The Balaban J connectivity index is 1.60. The summed E-state index contributed by atoms with van der Waals surface area (Å²) in [4.78, 5) is -0.0272. The molecular weight excluding hydrogens is 463 g/mol. The summed E-state index contributed by atoms with van der Waals surface area (Å²) >= 11 is 0. The van der Waals surface area contributed by atoms with E-state index in [2.05, 4.69) is 0 Å². The molecule has 3 aromatic rings. The van der Waals surface area contributed by atoms with Crippen LogP contribution in [0.3, 0.4) is 0 Å². The van der Waals surface area contributed by atoms with Crippen molar-refractivity contribution >= 4 is 20.0 Å².